The Morgan fingerprint density at radius 1 is 1.32 bits per heavy atom. The molecular weight excluding hydrogens is 315 g/mol. The summed E-state index contributed by atoms with van der Waals surface area (Å²) in [6.07, 6.45) is 1.84. The van der Waals surface area contributed by atoms with Crippen molar-refractivity contribution in [2.45, 2.75) is 5.51 Å². The molecule has 1 heterocycles. The van der Waals surface area contributed by atoms with Crippen LogP contribution in [0.3, 0.4) is 0 Å². The second-order valence-electron chi connectivity index (χ2n) is 3.18. The molecule has 0 aromatic carbocycles. The summed E-state index contributed by atoms with van der Waals surface area (Å²) in [4.78, 5) is 0. The van der Waals surface area contributed by atoms with Crippen molar-refractivity contribution in [3.63, 3.8) is 0 Å². The quantitative estimate of drug-likeness (QED) is 0.429. The van der Waals surface area contributed by atoms with Crippen LogP contribution in [-0.4, -0.2) is 33.4 Å². The van der Waals surface area contributed by atoms with Crippen molar-refractivity contribution >= 4 is 20.3 Å². The van der Waals surface area contributed by atoms with Crippen LogP contribution < -0.4 is 13.5 Å². The van der Waals surface area contributed by atoms with Crippen LogP contribution in [0, 0.1) is 0 Å². The Balaban J connectivity index is 3.36. The summed E-state index contributed by atoms with van der Waals surface area (Å²) < 4.78 is 87.7. The minimum Gasteiger partial charge on any atom is -0.301 e. The fraction of sp³-hybridized carbons (Fsp3) is 0.500. The van der Waals surface area contributed by atoms with E-state index in [1.807, 2.05) is 0 Å². The van der Waals surface area contributed by atoms with E-state index in [1.54, 1.807) is 4.72 Å². The van der Waals surface area contributed by atoms with E-state index >= 15 is 0 Å². The van der Waals surface area contributed by atoms with Crippen LogP contribution in [0.2, 0.25) is 0 Å². The number of hydrogen-bond donors (Lipinski definition) is 1. The molecule has 13 heteroatoms. The van der Waals surface area contributed by atoms with Gasteiger partial charge in [0, 0.05) is 7.05 Å². The number of alkyl halides is 3. The lowest BCUT2D eigenvalue weighted by molar-refractivity contribution is -0.673. The number of rotatable bonds is 4. The molecule has 0 unspecified atom stereocenters. The number of nitrogens with one attached hydrogen (secondary N) is 1. The Morgan fingerprint density at radius 3 is 2.26 bits per heavy atom. The molecule has 0 radical (unpaired) electrons. The van der Waals surface area contributed by atoms with Crippen molar-refractivity contribution in [2.24, 2.45) is 7.05 Å². The van der Waals surface area contributed by atoms with Crippen molar-refractivity contribution < 1.29 is 38.8 Å². The Kier molecular flexibility index (Phi) is 3.84. The predicted molar refractivity (Wildman–Crippen MR) is 54.6 cm³/mol. The first-order valence-corrected chi connectivity index (χ1v) is 7.29. The second kappa shape index (κ2) is 4.64. The zero-order chi connectivity index (χ0) is 15.1. The number of halogens is 3. The third kappa shape index (κ3) is 2.98. The molecule has 0 bridgehead atoms. The van der Waals surface area contributed by atoms with Crippen LogP contribution in [0.15, 0.2) is 12.4 Å². The summed E-state index contributed by atoms with van der Waals surface area (Å²) in [5.74, 6) is 0. The number of imidazole rings is 1. The van der Waals surface area contributed by atoms with E-state index in [2.05, 4.69) is 4.18 Å². The summed E-state index contributed by atoms with van der Waals surface area (Å²) in [6, 6.07) is -1.04. The minimum atomic E-state index is -5.97. The van der Waals surface area contributed by atoms with Crippen LogP contribution in [0.25, 0.3) is 0 Å². The zero-order valence-electron chi connectivity index (χ0n) is 9.54. The first-order valence-electron chi connectivity index (χ1n) is 4.44. The summed E-state index contributed by atoms with van der Waals surface area (Å²) >= 11 is 0. The standard InChI is InChI=1S/C6H9F3N3O5S2/c1-10-19(15,16)12-4-3-11(2)5(12)17-18(13,14)6(7,8)9/h3-4,10H,1-2H3/q+1. The Bertz CT molecular complexity index is 675. The summed E-state index contributed by atoms with van der Waals surface area (Å²) in [7, 11) is -8.09. The highest BCUT2D eigenvalue weighted by molar-refractivity contribution is 7.88. The van der Waals surface area contributed by atoms with Crippen molar-refractivity contribution in [3.8, 4) is 6.01 Å². The molecule has 0 fully saturated rings. The second-order valence-corrected chi connectivity index (χ2v) is 6.47. The summed E-state index contributed by atoms with van der Waals surface area (Å²) in [5, 5.41) is 0. The first-order chi connectivity index (χ1) is 8.42. The average Bonchev–Trinajstić information content (AvgIpc) is 2.59. The molecule has 8 nitrogen and oxygen atoms in total. The third-order valence-corrected chi connectivity index (χ3v) is 4.15. The molecule has 0 spiro atoms. The topological polar surface area (TPSA) is 98.3 Å². The van der Waals surface area contributed by atoms with Gasteiger partial charge in [-0.1, -0.05) is 3.97 Å². The van der Waals surface area contributed by atoms with E-state index in [-0.39, 0.29) is 3.97 Å². The van der Waals surface area contributed by atoms with Gasteiger partial charge in [-0.3, -0.25) is 0 Å². The van der Waals surface area contributed by atoms with Gasteiger partial charge in [-0.25, -0.2) is 0 Å². The van der Waals surface area contributed by atoms with Gasteiger partial charge < -0.3 is 4.18 Å². The number of aromatic nitrogens is 2. The maximum atomic E-state index is 12.2. The van der Waals surface area contributed by atoms with E-state index in [9.17, 15) is 30.0 Å². The fourth-order valence-corrected chi connectivity index (χ4v) is 2.28. The summed E-state index contributed by atoms with van der Waals surface area (Å²) in [6.45, 7) is 0. The van der Waals surface area contributed by atoms with Gasteiger partial charge in [0.05, 0.1) is 7.05 Å². The largest absolute Gasteiger partial charge is 0.534 e. The molecule has 110 valence electrons. The molecule has 0 saturated carbocycles. The van der Waals surface area contributed by atoms with Crippen LogP contribution in [0.5, 0.6) is 6.01 Å². The van der Waals surface area contributed by atoms with Gasteiger partial charge in [0.25, 0.3) is 0 Å². The average molecular weight is 324 g/mol. The SMILES string of the molecule is CNS(=O)(=O)n1cc[n+](C)c1OS(=O)(=O)C(F)(F)F. The highest BCUT2D eigenvalue weighted by atomic mass is 32.2. The smallest absolute Gasteiger partial charge is 0.301 e. The van der Waals surface area contributed by atoms with Gasteiger partial charge in [-0.2, -0.15) is 39.3 Å². The lowest BCUT2D eigenvalue weighted by atomic mass is 10.9. The van der Waals surface area contributed by atoms with Gasteiger partial charge >= 0.3 is 31.8 Å². The van der Waals surface area contributed by atoms with Crippen molar-refractivity contribution in [1.82, 2.24) is 8.69 Å². The zero-order valence-corrected chi connectivity index (χ0v) is 11.2. The molecule has 1 rings (SSSR count). The van der Waals surface area contributed by atoms with Crippen molar-refractivity contribution in [2.75, 3.05) is 7.05 Å². The van der Waals surface area contributed by atoms with Gasteiger partial charge in [-0.15, -0.1) is 0 Å². The third-order valence-electron chi connectivity index (χ3n) is 1.90. The van der Waals surface area contributed by atoms with E-state index in [1.165, 1.54) is 0 Å². The Labute approximate surface area is 106 Å². The van der Waals surface area contributed by atoms with E-state index in [0.29, 0.717) is 0 Å². The maximum absolute atomic E-state index is 12.2. The van der Waals surface area contributed by atoms with E-state index < -0.39 is 31.8 Å². The van der Waals surface area contributed by atoms with Crippen LogP contribution in [-0.2, 0) is 27.4 Å². The monoisotopic (exact) mass is 324 g/mol. The lowest BCUT2D eigenvalue weighted by Crippen LogP contribution is -2.38. The highest BCUT2D eigenvalue weighted by Crippen LogP contribution is 2.25. The van der Waals surface area contributed by atoms with E-state index in [4.69, 9.17) is 0 Å². The molecule has 0 atom stereocenters. The molecular formula is C6H9F3N3O5S2+. The number of aryl methyl sites for hydroxylation is 1. The van der Waals surface area contributed by atoms with Gasteiger partial charge in [0.15, 0.2) is 6.20 Å². The lowest BCUT2D eigenvalue weighted by Gasteiger charge is -2.07. The van der Waals surface area contributed by atoms with Crippen molar-refractivity contribution in [1.29, 1.82) is 0 Å². The Hall–Kier alpha value is -1.34. The van der Waals surface area contributed by atoms with Crippen LogP contribution in [0.1, 0.15) is 0 Å². The summed E-state index contributed by atoms with van der Waals surface area (Å²) in [5.41, 5.74) is -5.67. The fourth-order valence-electron chi connectivity index (χ4n) is 0.966. The van der Waals surface area contributed by atoms with Gasteiger partial charge in [0.2, 0.25) is 0 Å². The minimum absolute atomic E-state index is 0.219. The molecule has 0 amide bonds. The number of hydrogen-bond acceptors (Lipinski definition) is 5. The van der Waals surface area contributed by atoms with Crippen LogP contribution >= 0.6 is 0 Å². The molecule has 0 aliphatic carbocycles. The molecule has 0 aliphatic rings. The van der Waals surface area contributed by atoms with E-state index in [0.717, 1.165) is 31.1 Å². The van der Waals surface area contributed by atoms with Crippen molar-refractivity contribution in [3.05, 3.63) is 12.4 Å². The molecule has 1 aromatic rings. The molecule has 0 saturated heterocycles. The normalized spacial score (nSPS) is 13.5. The number of nitrogens with zero attached hydrogens (tertiary/aromatic N) is 2. The molecule has 1 aromatic heterocycles. The van der Waals surface area contributed by atoms with Crippen LogP contribution in [0.4, 0.5) is 13.2 Å². The first kappa shape index (κ1) is 15.7. The Morgan fingerprint density at radius 2 is 1.84 bits per heavy atom. The predicted octanol–water partition coefficient (Wildman–Crippen LogP) is -1.15. The molecule has 1 N–H and O–H groups in total. The molecule has 0 aliphatic heterocycles. The highest BCUT2D eigenvalue weighted by Gasteiger charge is 2.51. The van der Waals surface area contributed by atoms with Gasteiger partial charge in [0.1, 0.15) is 6.20 Å². The maximum Gasteiger partial charge on any atom is 0.534 e. The molecule has 19 heavy (non-hydrogen) atoms. The van der Waals surface area contributed by atoms with Gasteiger partial charge in [-0.05, 0) is 0 Å².